The van der Waals surface area contributed by atoms with Gasteiger partial charge in [0.1, 0.15) is 35.6 Å². The van der Waals surface area contributed by atoms with Crippen LogP contribution in [0, 0.1) is 0 Å². The molecule has 2 fully saturated rings. The van der Waals surface area contributed by atoms with E-state index < -0.39 is 12.2 Å². The molecule has 36 heavy (non-hydrogen) atoms. The molecule has 0 bridgehead atoms. The van der Waals surface area contributed by atoms with Crippen LogP contribution in [0.25, 0.3) is 0 Å². The van der Waals surface area contributed by atoms with Crippen LogP contribution in [0.5, 0.6) is 17.2 Å². The highest BCUT2D eigenvalue weighted by molar-refractivity contribution is 6.30. The summed E-state index contributed by atoms with van der Waals surface area (Å²) in [7, 11) is 0. The van der Waals surface area contributed by atoms with E-state index in [1.807, 2.05) is 18.2 Å². The second-order valence-electron chi connectivity index (χ2n) is 10.2. The summed E-state index contributed by atoms with van der Waals surface area (Å²) < 4.78 is 12.1. The van der Waals surface area contributed by atoms with Gasteiger partial charge in [0.25, 0.3) is 5.91 Å². The molecule has 3 heterocycles. The number of benzene rings is 2. The van der Waals surface area contributed by atoms with Crippen molar-refractivity contribution < 1.29 is 29.6 Å². The number of aliphatic hydroxyl groups is 2. The van der Waals surface area contributed by atoms with E-state index in [0.29, 0.717) is 25.1 Å². The molecule has 2 atom stereocenters. The van der Waals surface area contributed by atoms with Gasteiger partial charge >= 0.3 is 0 Å². The minimum Gasteiger partial charge on any atom is -0.508 e. The highest BCUT2D eigenvalue weighted by atomic mass is 35.5. The maximum absolute atomic E-state index is 13.0. The second-order valence-corrected chi connectivity index (χ2v) is 10.6. The molecule has 1 spiro atoms. The van der Waals surface area contributed by atoms with Gasteiger partial charge in [-0.15, -0.1) is 0 Å². The smallest absolute Gasteiger partial charge is 0.257 e. The van der Waals surface area contributed by atoms with Crippen LogP contribution in [-0.4, -0.2) is 88.2 Å². The first-order valence-corrected chi connectivity index (χ1v) is 13.0. The molecule has 8 nitrogen and oxygen atoms in total. The summed E-state index contributed by atoms with van der Waals surface area (Å²) in [4.78, 5) is 16.8. The molecule has 194 valence electrons. The van der Waals surface area contributed by atoms with Gasteiger partial charge in [0.2, 0.25) is 0 Å². The Morgan fingerprint density at radius 3 is 2.78 bits per heavy atom. The Kier molecular flexibility index (Phi) is 7.30. The molecule has 9 heteroatoms. The summed E-state index contributed by atoms with van der Waals surface area (Å²) in [6, 6.07) is 10.1. The maximum Gasteiger partial charge on any atom is 0.257 e. The van der Waals surface area contributed by atoms with E-state index in [1.165, 1.54) is 18.2 Å². The van der Waals surface area contributed by atoms with Crippen LogP contribution in [0.1, 0.15) is 41.6 Å². The highest BCUT2D eigenvalue weighted by Crippen LogP contribution is 2.42. The van der Waals surface area contributed by atoms with Gasteiger partial charge in [0.15, 0.2) is 0 Å². The predicted octanol–water partition coefficient (Wildman–Crippen LogP) is 2.85. The molecular formula is C27H33ClN2O6. The first-order chi connectivity index (χ1) is 17.3. The van der Waals surface area contributed by atoms with Gasteiger partial charge < -0.3 is 34.6 Å². The van der Waals surface area contributed by atoms with E-state index in [2.05, 4.69) is 4.90 Å². The summed E-state index contributed by atoms with van der Waals surface area (Å²) in [5.74, 6) is 0.873. The molecule has 0 radical (unpaired) electrons. The Labute approximate surface area is 216 Å². The van der Waals surface area contributed by atoms with Crippen LogP contribution in [0.3, 0.4) is 0 Å². The molecule has 2 aromatic carbocycles. The first-order valence-electron chi connectivity index (χ1n) is 12.6. The second kappa shape index (κ2) is 10.5. The van der Waals surface area contributed by atoms with Crippen molar-refractivity contribution in [1.29, 1.82) is 0 Å². The molecule has 1 amide bonds. The Hall–Kier alpha value is -2.52. The number of rotatable bonds is 6. The number of likely N-dealkylation sites (tertiary alicyclic amines) is 2. The Balaban J connectivity index is 1.14. The van der Waals surface area contributed by atoms with Crippen molar-refractivity contribution in [2.45, 2.75) is 49.9 Å². The lowest BCUT2D eigenvalue weighted by atomic mass is 9.87. The number of carbonyl (C=O) groups excluding carboxylic acids is 1. The summed E-state index contributed by atoms with van der Waals surface area (Å²) in [6.07, 6.45) is 2.70. The zero-order chi connectivity index (χ0) is 25.3. The predicted molar refractivity (Wildman–Crippen MR) is 135 cm³/mol. The minimum absolute atomic E-state index is 0.00551. The number of ether oxygens (including phenoxy) is 2. The number of carbonyl (C=O) groups is 1. The lowest BCUT2D eigenvalue weighted by Gasteiger charge is -2.39. The van der Waals surface area contributed by atoms with E-state index in [-0.39, 0.29) is 36.2 Å². The van der Waals surface area contributed by atoms with Crippen molar-refractivity contribution in [2.75, 3.05) is 39.3 Å². The topological polar surface area (TPSA) is 103 Å². The number of aliphatic hydroxyl groups excluding tert-OH is 2. The van der Waals surface area contributed by atoms with E-state index in [1.54, 1.807) is 4.90 Å². The number of fused-ring (bicyclic) bond motifs is 1. The zero-order valence-corrected chi connectivity index (χ0v) is 21.0. The molecule has 5 rings (SSSR count). The van der Waals surface area contributed by atoms with Gasteiger partial charge in [0, 0.05) is 63.1 Å². The molecule has 3 aliphatic heterocycles. The van der Waals surface area contributed by atoms with Crippen LogP contribution in [0.2, 0.25) is 5.02 Å². The zero-order valence-electron chi connectivity index (χ0n) is 20.2. The fourth-order valence-corrected chi connectivity index (χ4v) is 5.67. The third-order valence-electron chi connectivity index (χ3n) is 7.41. The number of halogens is 1. The van der Waals surface area contributed by atoms with Crippen molar-refractivity contribution in [3.05, 3.63) is 52.5 Å². The monoisotopic (exact) mass is 516 g/mol. The molecule has 0 unspecified atom stereocenters. The SMILES string of the molecule is O=C(c1ccc(O)cc1OC[C@@H](O)CN1CCC2(CC1)Cc1cc(Cl)ccc1O2)N1CCC[C@@H](O)C1. The van der Waals surface area contributed by atoms with Gasteiger partial charge in [-0.3, -0.25) is 4.79 Å². The summed E-state index contributed by atoms with van der Waals surface area (Å²) >= 11 is 6.14. The van der Waals surface area contributed by atoms with Gasteiger partial charge in [0.05, 0.1) is 11.7 Å². The van der Waals surface area contributed by atoms with E-state index >= 15 is 0 Å². The van der Waals surface area contributed by atoms with Crippen molar-refractivity contribution >= 4 is 17.5 Å². The highest BCUT2D eigenvalue weighted by Gasteiger charge is 2.42. The molecule has 2 aromatic rings. The van der Waals surface area contributed by atoms with Crippen molar-refractivity contribution in [3.63, 3.8) is 0 Å². The molecular weight excluding hydrogens is 484 g/mol. The molecule has 2 saturated heterocycles. The number of nitrogens with zero attached hydrogens (tertiary/aromatic N) is 2. The Morgan fingerprint density at radius 1 is 1.19 bits per heavy atom. The first kappa shape index (κ1) is 25.1. The standard InChI is InChI=1S/C27H33ClN2O6/c28-19-3-6-24-18(12-19)14-27(36-24)7-10-29(11-8-27)15-22(33)17-35-25-13-20(31)4-5-23(25)26(34)30-9-1-2-21(32)16-30/h3-6,12-13,21-22,31-33H,1-2,7-11,14-17H2/t21-,22+/m1/s1. The third-order valence-corrected chi connectivity index (χ3v) is 7.64. The fourth-order valence-electron chi connectivity index (χ4n) is 5.48. The van der Waals surface area contributed by atoms with Crippen molar-refractivity contribution in [1.82, 2.24) is 9.80 Å². The molecule has 3 N–H and O–H groups in total. The van der Waals surface area contributed by atoms with Crippen molar-refractivity contribution in [2.24, 2.45) is 0 Å². The quantitative estimate of drug-likeness (QED) is 0.542. The number of β-amino-alcohol motifs (C(OH)–C–C–N with tert-alkyl or cyclic N) is 2. The van der Waals surface area contributed by atoms with Gasteiger partial charge in [-0.05, 0) is 48.7 Å². The normalized spacial score (nSPS) is 22.2. The molecule has 0 aromatic heterocycles. The van der Waals surface area contributed by atoms with Gasteiger partial charge in [-0.2, -0.15) is 0 Å². The van der Waals surface area contributed by atoms with Crippen LogP contribution < -0.4 is 9.47 Å². The van der Waals surface area contributed by atoms with Crippen molar-refractivity contribution in [3.8, 4) is 17.2 Å². The number of phenolic OH excluding ortho intramolecular Hbond substituents is 1. The van der Waals surface area contributed by atoms with Crippen LogP contribution in [0.4, 0.5) is 0 Å². The number of aromatic hydroxyl groups is 1. The number of hydrogen-bond acceptors (Lipinski definition) is 7. The van der Waals surface area contributed by atoms with E-state index in [4.69, 9.17) is 21.1 Å². The third kappa shape index (κ3) is 5.57. The minimum atomic E-state index is -0.762. The van der Waals surface area contributed by atoms with E-state index in [0.717, 1.165) is 55.1 Å². The maximum atomic E-state index is 13.0. The van der Waals surface area contributed by atoms with Crippen LogP contribution in [-0.2, 0) is 6.42 Å². The number of hydrogen-bond donors (Lipinski definition) is 3. The Bertz CT molecular complexity index is 1100. The lowest BCUT2D eigenvalue weighted by molar-refractivity contribution is -0.00205. The summed E-state index contributed by atoms with van der Waals surface area (Å²) in [5.41, 5.74) is 1.26. The average Bonchev–Trinajstić information content (AvgIpc) is 3.21. The summed E-state index contributed by atoms with van der Waals surface area (Å²) in [5, 5.41) is 31.3. The fraction of sp³-hybridized carbons (Fsp3) is 0.519. The number of amides is 1. The van der Waals surface area contributed by atoms with Crippen LogP contribution in [0.15, 0.2) is 36.4 Å². The molecule has 0 saturated carbocycles. The Morgan fingerprint density at radius 2 is 2.00 bits per heavy atom. The lowest BCUT2D eigenvalue weighted by Crippen LogP contribution is -2.49. The number of piperidine rings is 2. The summed E-state index contributed by atoms with van der Waals surface area (Å²) in [6.45, 7) is 2.87. The number of phenols is 1. The molecule has 3 aliphatic rings. The average molecular weight is 517 g/mol. The van der Waals surface area contributed by atoms with Crippen LogP contribution >= 0.6 is 11.6 Å². The van der Waals surface area contributed by atoms with Gasteiger partial charge in [-0.1, -0.05) is 11.6 Å². The van der Waals surface area contributed by atoms with Gasteiger partial charge in [-0.25, -0.2) is 0 Å². The molecule has 0 aliphatic carbocycles. The van der Waals surface area contributed by atoms with E-state index in [9.17, 15) is 20.1 Å². The largest absolute Gasteiger partial charge is 0.508 e.